The second-order valence-corrected chi connectivity index (χ2v) is 12.0. The van der Waals surface area contributed by atoms with Gasteiger partial charge in [-0.05, 0) is 95.8 Å². The maximum atomic E-state index is 12.3. The Morgan fingerprint density at radius 1 is 0.645 bits per heavy atom. The minimum Gasteiger partial charge on any atom is -0.300 e. The second kappa shape index (κ2) is 9.63. The van der Waals surface area contributed by atoms with Crippen LogP contribution in [-0.2, 0) is 9.59 Å². The van der Waals surface area contributed by atoms with Crippen LogP contribution in [-0.4, -0.2) is 59.6 Å². The molecule has 2 aliphatic heterocycles. The van der Waals surface area contributed by atoms with E-state index in [1.807, 2.05) is 13.8 Å². The van der Waals surface area contributed by atoms with Gasteiger partial charge in [0.1, 0.15) is 11.6 Å². The molecule has 1 spiro atoms. The van der Waals surface area contributed by atoms with Crippen molar-refractivity contribution in [1.82, 2.24) is 9.80 Å². The number of carbonyl (C=O) groups excluding carboxylic acids is 2. The van der Waals surface area contributed by atoms with Crippen LogP contribution in [0.25, 0.3) is 0 Å². The number of ketones is 2. The molecule has 0 radical (unpaired) electrons. The number of rotatable bonds is 6. The lowest BCUT2D eigenvalue weighted by Crippen LogP contribution is -2.56. The molecule has 31 heavy (non-hydrogen) atoms. The quantitative estimate of drug-likeness (QED) is 0.598. The van der Waals surface area contributed by atoms with Crippen LogP contribution in [0.2, 0.25) is 0 Å². The molecule has 0 aromatic rings. The molecule has 4 heteroatoms. The van der Waals surface area contributed by atoms with E-state index in [0.717, 1.165) is 50.9 Å². The number of likely N-dealkylation sites (tertiary alicyclic amines) is 2. The molecule has 0 atom stereocenters. The van der Waals surface area contributed by atoms with Crippen molar-refractivity contribution in [2.45, 2.75) is 104 Å². The first kappa shape index (κ1) is 23.4. The largest absolute Gasteiger partial charge is 0.300 e. The van der Waals surface area contributed by atoms with Crippen molar-refractivity contribution in [1.29, 1.82) is 0 Å². The van der Waals surface area contributed by atoms with E-state index in [2.05, 4.69) is 23.6 Å². The Balaban J connectivity index is 1.16. The summed E-state index contributed by atoms with van der Waals surface area (Å²) in [6, 6.07) is 1.53. The average molecular weight is 431 g/mol. The van der Waals surface area contributed by atoms with Gasteiger partial charge in [-0.3, -0.25) is 9.59 Å². The number of piperidine rings is 2. The first-order valence-electron chi connectivity index (χ1n) is 13.3. The Hall–Kier alpha value is -0.740. The van der Waals surface area contributed by atoms with E-state index in [1.165, 1.54) is 51.6 Å². The van der Waals surface area contributed by atoms with Crippen molar-refractivity contribution in [3.8, 4) is 0 Å². The van der Waals surface area contributed by atoms with Gasteiger partial charge in [0.05, 0.1) is 0 Å². The van der Waals surface area contributed by atoms with Gasteiger partial charge in [0.15, 0.2) is 0 Å². The van der Waals surface area contributed by atoms with Crippen LogP contribution in [0.3, 0.4) is 0 Å². The van der Waals surface area contributed by atoms with Crippen molar-refractivity contribution in [2.75, 3.05) is 26.2 Å². The van der Waals surface area contributed by atoms with Crippen molar-refractivity contribution in [3.05, 3.63) is 0 Å². The highest BCUT2D eigenvalue weighted by Gasteiger charge is 2.49. The zero-order chi connectivity index (χ0) is 22.2. The molecule has 0 aromatic carbocycles. The number of nitrogens with zero attached hydrogens (tertiary/aromatic N) is 2. The van der Waals surface area contributed by atoms with Crippen molar-refractivity contribution in [2.24, 2.45) is 29.1 Å². The van der Waals surface area contributed by atoms with Gasteiger partial charge in [-0.15, -0.1) is 0 Å². The maximum absolute atomic E-state index is 12.3. The third kappa shape index (κ3) is 5.11. The summed E-state index contributed by atoms with van der Waals surface area (Å²) in [7, 11) is 0. The summed E-state index contributed by atoms with van der Waals surface area (Å²) in [5.74, 6) is 2.04. The zero-order valence-corrected chi connectivity index (χ0v) is 20.6. The maximum Gasteiger partial charge on any atom is 0.138 e. The fourth-order valence-electron chi connectivity index (χ4n) is 7.23. The van der Waals surface area contributed by atoms with Crippen molar-refractivity contribution in [3.63, 3.8) is 0 Å². The number of Topliss-reactive ketones (excluding diaryl/α,β-unsaturated/α-hetero) is 2. The molecule has 0 bridgehead atoms. The fourth-order valence-corrected chi connectivity index (χ4v) is 7.23. The predicted octanol–water partition coefficient (Wildman–Crippen LogP) is 4.95. The Kier molecular flexibility index (Phi) is 7.28. The first-order chi connectivity index (χ1) is 14.8. The van der Waals surface area contributed by atoms with E-state index >= 15 is 0 Å². The molecule has 4 fully saturated rings. The third-order valence-electron chi connectivity index (χ3n) is 9.39. The average Bonchev–Trinajstić information content (AvgIpc) is 2.76. The molecular formula is C27H46N2O2. The summed E-state index contributed by atoms with van der Waals surface area (Å²) in [6.45, 7) is 13.0. The van der Waals surface area contributed by atoms with Gasteiger partial charge in [0, 0.05) is 35.8 Å². The molecule has 4 nitrogen and oxygen atoms in total. The summed E-state index contributed by atoms with van der Waals surface area (Å²) < 4.78 is 0. The minimum atomic E-state index is 0.191. The van der Waals surface area contributed by atoms with Crippen LogP contribution in [0.15, 0.2) is 0 Å². The summed E-state index contributed by atoms with van der Waals surface area (Å²) in [4.78, 5) is 30.1. The van der Waals surface area contributed by atoms with E-state index in [9.17, 15) is 9.59 Å². The molecule has 2 heterocycles. The monoisotopic (exact) mass is 430 g/mol. The summed E-state index contributed by atoms with van der Waals surface area (Å²) in [5, 5.41) is 0. The van der Waals surface area contributed by atoms with Crippen LogP contribution >= 0.6 is 0 Å². The molecule has 0 N–H and O–H groups in total. The molecule has 0 unspecified atom stereocenters. The van der Waals surface area contributed by atoms with Gasteiger partial charge < -0.3 is 9.80 Å². The second-order valence-electron chi connectivity index (χ2n) is 12.0. The van der Waals surface area contributed by atoms with Crippen molar-refractivity contribution >= 4 is 11.6 Å². The lowest BCUT2D eigenvalue weighted by Gasteiger charge is -2.56. The van der Waals surface area contributed by atoms with Crippen LogP contribution < -0.4 is 0 Å². The normalized spacial score (nSPS) is 34.4. The van der Waals surface area contributed by atoms with Gasteiger partial charge in [-0.25, -0.2) is 0 Å². The van der Waals surface area contributed by atoms with Crippen LogP contribution in [0, 0.1) is 29.1 Å². The topological polar surface area (TPSA) is 40.6 Å². The van der Waals surface area contributed by atoms with E-state index in [-0.39, 0.29) is 11.8 Å². The smallest absolute Gasteiger partial charge is 0.138 e. The van der Waals surface area contributed by atoms with E-state index in [1.54, 1.807) is 0 Å². The molecule has 176 valence electrons. The Bertz CT molecular complexity index is 626. The zero-order valence-electron chi connectivity index (χ0n) is 20.6. The molecule has 0 aromatic heterocycles. The Labute approximate surface area is 190 Å². The Morgan fingerprint density at radius 2 is 1.06 bits per heavy atom. The molecule has 2 saturated heterocycles. The molecule has 2 saturated carbocycles. The van der Waals surface area contributed by atoms with Gasteiger partial charge in [-0.1, -0.05) is 27.7 Å². The number of carbonyl (C=O) groups is 2. The van der Waals surface area contributed by atoms with Gasteiger partial charge in [-0.2, -0.15) is 0 Å². The minimum absolute atomic E-state index is 0.191. The van der Waals surface area contributed by atoms with E-state index in [0.29, 0.717) is 28.8 Å². The van der Waals surface area contributed by atoms with Crippen LogP contribution in [0.5, 0.6) is 0 Å². The van der Waals surface area contributed by atoms with Gasteiger partial charge >= 0.3 is 0 Å². The van der Waals surface area contributed by atoms with Crippen LogP contribution in [0.4, 0.5) is 0 Å². The molecule has 2 aliphatic carbocycles. The SMILES string of the molecule is CC(C)C(=O)C1CCN(C2CCN(C3CC4(CCC(C(=O)C(C)C)CC4)C3)CC2)CC1. The summed E-state index contributed by atoms with van der Waals surface area (Å²) in [6.07, 6.45) is 12.4. The predicted molar refractivity (Wildman–Crippen MR) is 126 cm³/mol. The summed E-state index contributed by atoms with van der Waals surface area (Å²) in [5.41, 5.74) is 0.570. The standard InChI is InChI=1S/C27H46N2O2/c1-19(2)25(30)21-5-11-27(12-6-21)17-24(18-27)29-15-9-23(10-16-29)28-13-7-22(8-14-28)26(31)20(3)4/h19-24H,5-18H2,1-4H3. The van der Waals surface area contributed by atoms with E-state index in [4.69, 9.17) is 0 Å². The number of hydrogen-bond donors (Lipinski definition) is 0. The Morgan fingerprint density at radius 3 is 1.55 bits per heavy atom. The van der Waals surface area contributed by atoms with Gasteiger partial charge in [0.2, 0.25) is 0 Å². The van der Waals surface area contributed by atoms with Crippen molar-refractivity contribution < 1.29 is 9.59 Å². The van der Waals surface area contributed by atoms with E-state index < -0.39 is 0 Å². The fraction of sp³-hybridized carbons (Fsp3) is 0.926. The highest BCUT2D eigenvalue weighted by atomic mass is 16.1. The first-order valence-corrected chi connectivity index (χ1v) is 13.3. The highest BCUT2D eigenvalue weighted by molar-refractivity contribution is 5.83. The lowest BCUT2D eigenvalue weighted by molar-refractivity contribution is -0.129. The molecule has 0 amide bonds. The molecule has 4 rings (SSSR count). The lowest BCUT2D eigenvalue weighted by atomic mass is 9.56. The summed E-state index contributed by atoms with van der Waals surface area (Å²) >= 11 is 0. The van der Waals surface area contributed by atoms with Gasteiger partial charge in [0.25, 0.3) is 0 Å². The molecular weight excluding hydrogens is 384 g/mol. The highest BCUT2D eigenvalue weighted by Crippen LogP contribution is 2.54. The van der Waals surface area contributed by atoms with Crippen LogP contribution in [0.1, 0.15) is 91.9 Å². The number of hydrogen-bond acceptors (Lipinski definition) is 4. The molecule has 4 aliphatic rings. The third-order valence-corrected chi connectivity index (χ3v) is 9.39.